The molecule has 0 saturated heterocycles. The molecule has 0 aliphatic heterocycles. The Hall–Kier alpha value is -1.24. The molecule has 0 aliphatic rings. The zero-order valence-electron chi connectivity index (χ0n) is 6.15. The number of sulfone groups is 1. The van der Waals surface area contributed by atoms with E-state index in [-0.39, 0.29) is 0 Å². The minimum atomic E-state index is -3.51. The molecule has 0 spiro atoms. The van der Waals surface area contributed by atoms with E-state index in [1.54, 1.807) is 0 Å². The lowest BCUT2D eigenvalue weighted by molar-refractivity contribution is 0.583. The van der Waals surface area contributed by atoms with Gasteiger partial charge in [0.1, 0.15) is 0 Å². The molecule has 0 radical (unpaired) electrons. The van der Waals surface area contributed by atoms with Crippen LogP contribution >= 0.6 is 0 Å². The monoisotopic (exact) mass is 191 g/mol. The van der Waals surface area contributed by atoms with Gasteiger partial charge in [-0.05, 0) is 0 Å². The third-order valence-corrected chi connectivity index (χ3v) is 1.94. The molecule has 0 saturated carbocycles. The van der Waals surface area contributed by atoms with Crippen molar-refractivity contribution < 1.29 is 12.8 Å². The van der Waals surface area contributed by atoms with Gasteiger partial charge in [-0.25, -0.2) is 17.8 Å². The summed E-state index contributed by atoms with van der Waals surface area (Å²) >= 11 is 0. The molecule has 1 heterocycles. The van der Waals surface area contributed by atoms with Gasteiger partial charge in [0.05, 0.1) is 6.20 Å². The van der Waals surface area contributed by atoms with Crippen LogP contribution in [0.1, 0.15) is 0 Å². The van der Waals surface area contributed by atoms with E-state index in [1.807, 2.05) is 0 Å². The minimum absolute atomic E-state index is 0.467. The summed E-state index contributed by atoms with van der Waals surface area (Å²) in [6, 6.07) is 0. The maximum absolute atomic E-state index is 12.4. The van der Waals surface area contributed by atoms with Gasteiger partial charge in [-0.15, -0.1) is 0 Å². The third kappa shape index (κ3) is 1.67. The highest BCUT2D eigenvalue weighted by molar-refractivity contribution is 7.90. The normalized spacial score (nSPS) is 11.5. The molecule has 0 bridgehead atoms. The molecule has 0 aromatic carbocycles. The fourth-order valence-electron chi connectivity index (χ4n) is 0.542. The third-order valence-electron chi connectivity index (χ3n) is 1.08. The summed E-state index contributed by atoms with van der Waals surface area (Å²) in [5, 5.41) is -0.471. The average Bonchev–Trinajstić information content (AvgIpc) is 1.92. The van der Waals surface area contributed by atoms with Crippen LogP contribution in [0, 0.1) is 5.82 Å². The van der Waals surface area contributed by atoms with E-state index in [4.69, 9.17) is 5.73 Å². The Labute approximate surface area is 68.4 Å². The van der Waals surface area contributed by atoms with Gasteiger partial charge < -0.3 is 5.73 Å². The maximum atomic E-state index is 12.4. The molecule has 7 heteroatoms. The van der Waals surface area contributed by atoms with Crippen LogP contribution < -0.4 is 5.73 Å². The molecule has 2 N–H and O–H groups in total. The molecule has 0 atom stereocenters. The van der Waals surface area contributed by atoms with Gasteiger partial charge >= 0.3 is 0 Å². The van der Waals surface area contributed by atoms with E-state index in [1.165, 1.54) is 0 Å². The van der Waals surface area contributed by atoms with Gasteiger partial charge in [0.15, 0.2) is 11.6 Å². The number of aromatic nitrogens is 2. The van der Waals surface area contributed by atoms with Crippen LogP contribution in [0.3, 0.4) is 0 Å². The maximum Gasteiger partial charge on any atom is 0.248 e. The fraction of sp³-hybridized carbons (Fsp3) is 0.200. The van der Waals surface area contributed by atoms with Gasteiger partial charge in [-0.1, -0.05) is 0 Å². The van der Waals surface area contributed by atoms with Gasteiger partial charge in [-0.3, -0.25) is 0 Å². The second-order valence-corrected chi connectivity index (χ2v) is 4.07. The molecule has 1 rings (SSSR count). The van der Waals surface area contributed by atoms with Crippen molar-refractivity contribution in [3.05, 3.63) is 12.0 Å². The Morgan fingerprint density at radius 1 is 1.58 bits per heavy atom. The summed E-state index contributed by atoms with van der Waals surface area (Å²) in [6.07, 6.45) is 1.64. The topological polar surface area (TPSA) is 85.9 Å². The first kappa shape index (κ1) is 8.85. The molecule has 1 aromatic heterocycles. The number of halogens is 1. The molecule has 0 unspecified atom stereocenters. The summed E-state index contributed by atoms with van der Waals surface area (Å²) in [6.45, 7) is 0. The van der Waals surface area contributed by atoms with E-state index < -0.39 is 26.6 Å². The highest BCUT2D eigenvalue weighted by Gasteiger charge is 2.12. The number of hydrogen-bond acceptors (Lipinski definition) is 5. The van der Waals surface area contributed by atoms with Gasteiger partial charge in [-0.2, -0.15) is 4.98 Å². The molecule has 5 nitrogen and oxygen atoms in total. The molecular weight excluding hydrogens is 185 g/mol. The lowest BCUT2D eigenvalue weighted by Gasteiger charge is -1.97. The molecular formula is C5H6FN3O2S. The van der Waals surface area contributed by atoms with Gasteiger partial charge in [0.25, 0.3) is 0 Å². The molecule has 12 heavy (non-hydrogen) atoms. The first-order valence-electron chi connectivity index (χ1n) is 2.89. The van der Waals surface area contributed by atoms with Crippen molar-refractivity contribution in [2.75, 3.05) is 12.0 Å². The summed E-state index contributed by atoms with van der Waals surface area (Å²) in [7, 11) is -3.51. The van der Waals surface area contributed by atoms with E-state index in [0.29, 0.717) is 0 Å². The van der Waals surface area contributed by atoms with E-state index >= 15 is 0 Å². The smallest absolute Gasteiger partial charge is 0.248 e. The highest BCUT2D eigenvalue weighted by Crippen LogP contribution is 2.07. The molecule has 66 valence electrons. The molecule has 0 fully saturated rings. The van der Waals surface area contributed by atoms with Crippen molar-refractivity contribution in [2.45, 2.75) is 5.16 Å². The quantitative estimate of drug-likeness (QED) is 0.610. The van der Waals surface area contributed by atoms with Gasteiger partial charge in [0, 0.05) is 6.26 Å². The lowest BCUT2D eigenvalue weighted by atomic mass is 10.6. The van der Waals surface area contributed by atoms with Crippen LogP contribution in [-0.4, -0.2) is 24.6 Å². The number of hydrogen-bond donors (Lipinski definition) is 1. The second-order valence-electron chi connectivity index (χ2n) is 2.16. The van der Waals surface area contributed by atoms with Crippen LogP contribution in [-0.2, 0) is 9.84 Å². The van der Waals surface area contributed by atoms with Gasteiger partial charge in [0.2, 0.25) is 15.0 Å². The Morgan fingerprint density at radius 3 is 2.58 bits per heavy atom. The van der Waals surface area contributed by atoms with E-state index in [2.05, 4.69) is 9.97 Å². The Bertz CT molecular complexity index is 403. The van der Waals surface area contributed by atoms with E-state index in [9.17, 15) is 12.8 Å². The SMILES string of the molecule is CS(=O)(=O)c1ncc(F)c(N)n1. The fourth-order valence-corrected chi connectivity index (χ4v) is 1.05. The van der Waals surface area contributed by atoms with Crippen molar-refractivity contribution in [3.63, 3.8) is 0 Å². The number of nitrogens with two attached hydrogens (primary N) is 1. The number of rotatable bonds is 1. The van der Waals surface area contributed by atoms with Crippen LogP contribution in [0.25, 0.3) is 0 Å². The summed E-state index contributed by atoms with van der Waals surface area (Å²) in [5.74, 6) is -1.30. The van der Waals surface area contributed by atoms with Crippen molar-refractivity contribution in [3.8, 4) is 0 Å². The van der Waals surface area contributed by atoms with E-state index in [0.717, 1.165) is 12.5 Å². The minimum Gasteiger partial charge on any atom is -0.381 e. The first-order chi connectivity index (χ1) is 5.41. The largest absolute Gasteiger partial charge is 0.381 e. The standard InChI is InChI=1S/C5H6FN3O2S/c1-12(10,11)5-8-2-3(6)4(7)9-5/h2H,1H3,(H2,7,8,9). The van der Waals surface area contributed by atoms with Crippen molar-refractivity contribution in [1.29, 1.82) is 0 Å². The number of anilines is 1. The highest BCUT2D eigenvalue weighted by atomic mass is 32.2. The van der Waals surface area contributed by atoms with Crippen molar-refractivity contribution in [2.24, 2.45) is 0 Å². The zero-order valence-corrected chi connectivity index (χ0v) is 6.97. The van der Waals surface area contributed by atoms with Crippen LogP contribution in [0.2, 0.25) is 0 Å². The average molecular weight is 191 g/mol. The Kier molecular flexibility index (Phi) is 1.97. The summed E-state index contributed by atoms with van der Waals surface area (Å²) in [4.78, 5) is 6.50. The Balaban J connectivity index is 3.33. The molecule has 0 amide bonds. The summed E-state index contributed by atoms with van der Waals surface area (Å²) in [5.41, 5.74) is 5.03. The lowest BCUT2D eigenvalue weighted by Crippen LogP contribution is -2.07. The summed E-state index contributed by atoms with van der Waals surface area (Å²) < 4.78 is 34.0. The predicted molar refractivity (Wildman–Crippen MR) is 39.5 cm³/mol. The van der Waals surface area contributed by atoms with Crippen molar-refractivity contribution >= 4 is 15.7 Å². The number of nitrogen functional groups attached to an aromatic ring is 1. The predicted octanol–water partition coefficient (Wildman–Crippen LogP) is -0.399. The Morgan fingerprint density at radius 2 is 2.17 bits per heavy atom. The van der Waals surface area contributed by atoms with Crippen LogP contribution in [0.4, 0.5) is 10.2 Å². The molecule has 1 aromatic rings. The first-order valence-corrected chi connectivity index (χ1v) is 4.78. The van der Waals surface area contributed by atoms with Crippen LogP contribution in [0.5, 0.6) is 0 Å². The van der Waals surface area contributed by atoms with Crippen molar-refractivity contribution in [1.82, 2.24) is 9.97 Å². The zero-order chi connectivity index (χ0) is 9.35. The van der Waals surface area contributed by atoms with Crippen LogP contribution in [0.15, 0.2) is 11.4 Å². The second kappa shape index (κ2) is 2.67. The molecule has 0 aliphatic carbocycles. The number of nitrogens with zero attached hydrogens (tertiary/aromatic N) is 2.